The third-order valence-corrected chi connectivity index (χ3v) is 6.61. The van der Waals surface area contributed by atoms with Gasteiger partial charge in [0.1, 0.15) is 12.2 Å². The van der Waals surface area contributed by atoms with E-state index in [1.165, 1.54) is 0 Å². The molecule has 1 aromatic carbocycles. The van der Waals surface area contributed by atoms with Gasteiger partial charge in [-0.2, -0.15) is 0 Å². The molecular formula is C26H38O4. The lowest BCUT2D eigenvalue weighted by molar-refractivity contribution is -0.0112. The Kier molecular flexibility index (Phi) is 6.64. The summed E-state index contributed by atoms with van der Waals surface area (Å²) in [6.45, 7) is 13.3. The molecular weight excluding hydrogens is 376 g/mol. The van der Waals surface area contributed by atoms with Crippen LogP contribution in [0.4, 0.5) is 0 Å². The standard InChI is InChI=1S/C26H38O4/c1-17-11-19(15-25(3,4)13-17)29-23(27)21-9-7-8-10-22(21)24(28)30-20-12-18(2)14-26(5,6)16-20/h7-10,17-20H,11-16H2,1-6H3/t17-,18?,19-,20?/m1/s1. The smallest absolute Gasteiger partial charge is 0.339 e. The van der Waals surface area contributed by atoms with Gasteiger partial charge >= 0.3 is 11.9 Å². The second kappa shape index (κ2) is 8.72. The van der Waals surface area contributed by atoms with Crippen LogP contribution < -0.4 is 0 Å². The zero-order chi connectivity index (χ0) is 22.1. The first kappa shape index (κ1) is 22.8. The molecule has 166 valence electrons. The van der Waals surface area contributed by atoms with Crippen LogP contribution in [0, 0.1) is 22.7 Å². The maximum atomic E-state index is 13.0. The van der Waals surface area contributed by atoms with Crippen molar-refractivity contribution in [3.63, 3.8) is 0 Å². The van der Waals surface area contributed by atoms with Crippen LogP contribution in [0.5, 0.6) is 0 Å². The summed E-state index contributed by atoms with van der Waals surface area (Å²) < 4.78 is 11.7. The lowest BCUT2D eigenvalue weighted by Crippen LogP contribution is -2.35. The number of hydrogen-bond acceptors (Lipinski definition) is 4. The fourth-order valence-corrected chi connectivity index (χ4v) is 5.97. The van der Waals surface area contributed by atoms with Gasteiger partial charge in [0, 0.05) is 0 Å². The Morgan fingerprint density at radius 2 is 1.10 bits per heavy atom. The highest BCUT2D eigenvalue weighted by atomic mass is 16.6. The van der Waals surface area contributed by atoms with E-state index in [0.29, 0.717) is 23.0 Å². The lowest BCUT2D eigenvalue weighted by Gasteiger charge is -2.38. The molecule has 2 unspecified atom stereocenters. The van der Waals surface area contributed by atoms with Gasteiger partial charge in [-0.3, -0.25) is 0 Å². The summed E-state index contributed by atoms with van der Waals surface area (Å²) in [4.78, 5) is 25.9. The van der Waals surface area contributed by atoms with Gasteiger partial charge in [0.05, 0.1) is 11.1 Å². The van der Waals surface area contributed by atoms with Crippen molar-refractivity contribution in [1.29, 1.82) is 0 Å². The number of hydrogen-bond donors (Lipinski definition) is 0. The highest BCUT2D eigenvalue weighted by Crippen LogP contribution is 2.41. The Balaban J connectivity index is 1.70. The lowest BCUT2D eigenvalue weighted by atomic mass is 9.71. The van der Waals surface area contributed by atoms with Gasteiger partial charge in [-0.15, -0.1) is 0 Å². The maximum absolute atomic E-state index is 13.0. The van der Waals surface area contributed by atoms with Gasteiger partial charge in [0.2, 0.25) is 0 Å². The van der Waals surface area contributed by atoms with Crippen molar-refractivity contribution >= 4 is 11.9 Å². The molecule has 0 saturated heterocycles. The minimum atomic E-state index is -0.421. The predicted octanol–water partition coefficient (Wildman–Crippen LogP) is 6.43. The fraction of sp³-hybridized carbons (Fsp3) is 0.692. The van der Waals surface area contributed by atoms with E-state index in [1.807, 2.05) is 0 Å². The summed E-state index contributed by atoms with van der Waals surface area (Å²) in [7, 11) is 0. The molecule has 0 bridgehead atoms. The van der Waals surface area contributed by atoms with Crippen LogP contribution in [0.25, 0.3) is 0 Å². The minimum Gasteiger partial charge on any atom is -0.459 e. The summed E-state index contributed by atoms with van der Waals surface area (Å²) in [5, 5.41) is 0. The molecule has 0 N–H and O–H groups in total. The average molecular weight is 415 g/mol. The van der Waals surface area contributed by atoms with Crippen LogP contribution in [0.3, 0.4) is 0 Å². The van der Waals surface area contributed by atoms with Gasteiger partial charge < -0.3 is 9.47 Å². The molecule has 0 amide bonds. The highest BCUT2D eigenvalue weighted by molar-refractivity contribution is 6.03. The first-order chi connectivity index (χ1) is 13.9. The Labute approximate surface area is 181 Å². The first-order valence-corrected chi connectivity index (χ1v) is 11.5. The van der Waals surface area contributed by atoms with Gasteiger partial charge in [-0.25, -0.2) is 9.59 Å². The molecule has 2 aliphatic carbocycles. The van der Waals surface area contributed by atoms with E-state index in [4.69, 9.17) is 9.47 Å². The molecule has 2 saturated carbocycles. The molecule has 0 heterocycles. The molecule has 0 spiro atoms. The van der Waals surface area contributed by atoms with Gasteiger partial charge in [-0.1, -0.05) is 53.7 Å². The molecule has 4 heteroatoms. The summed E-state index contributed by atoms with van der Waals surface area (Å²) in [5.41, 5.74) is 0.931. The molecule has 2 fully saturated rings. The van der Waals surface area contributed by atoms with Crippen LogP contribution in [0.2, 0.25) is 0 Å². The number of rotatable bonds is 4. The largest absolute Gasteiger partial charge is 0.459 e. The molecule has 0 aromatic heterocycles. The van der Waals surface area contributed by atoms with E-state index in [1.54, 1.807) is 24.3 Å². The van der Waals surface area contributed by atoms with Crippen LogP contribution in [0.15, 0.2) is 24.3 Å². The Morgan fingerprint density at radius 1 is 0.733 bits per heavy atom. The third kappa shape index (κ3) is 5.86. The van der Waals surface area contributed by atoms with Crippen LogP contribution in [0.1, 0.15) is 101 Å². The van der Waals surface area contributed by atoms with Crippen molar-refractivity contribution in [2.75, 3.05) is 0 Å². The van der Waals surface area contributed by atoms with Gasteiger partial charge in [0.15, 0.2) is 0 Å². The molecule has 4 nitrogen and oxygen atoms in total. The van der Waals surface area contributed by atoms with Crippen LogP contribution in [-0.2, 0) is 9.47 Å². The summed E-state index contributed by atoms with van der Waals surface area (Å²) in [6.07, 6.45) is 5.50. The Hall–Kier alpha value is -1.84. The molecule has 30 heavy (non-hydrogen) atoms. The predicted molar refractivity (Wildman–Crippen MR) is 118 cm³/mol. The number of benzene rings is 1. The van der Waals surface area contributed by atoms with E-state index < -0.39 is 11.9 Å². The van der Waals surface area contributed by atoms with Crippen LogP contribution in [-0.4, -0.2) is 24.1 Å². The summed E-state index contributed by atoms with van der Waals surface area (Å²) >= 11 is 0. The van der Waals surface area contributed by atoms with Gasteiger partial charge in [0.25, 0.3) is 0 Å². The van der Waals surface area contributed by atoms with E-state index in [-0.39, 0.29) is 23.0 Å². The molecule has 2 aliphatic rings. The van der Waals surface area contributed by atoms with E-state index in [9.17, 15) is 9.59 Å². The maximum Gasteiger partial charge on any atom is 0.339 e. The first-order valence-electron chi connectivity index (χ1n) is 11.5. The SMILES string of the molecule is CC1CC(OC(=O)c2ccccc2C(=O)O[C@@H]2C[C@@H](C)CC(C)(C)C2)CC(C)(C)C1. The zero-order valence-corrected chi connectivity index (χ0v) is 19.5. The number of esters is 2. The van der Waals surface area contributed by atoms with Gasteiger partial charge in [-0.05, 0) is 73.3 Å². The highest BCUT2D eigenvalue weighted by Gasteiger charge is 2.36. The molecule has 1 aromatic rings. The number of ether oxygens (including phenoxy) is 2. The van der Waals surface area contributed by atoms with E-state index >= 15 is 0 Å². The number of carbonyl (C=O) groups is 2. The topological polar surface area (TPSA) is 52.6 Å². The zero-order valence-electron chi connectivity index (χ0n) is 19.5. The monoisotopic (exact) mass is 414 g/mol. The van der Waals surface area contributed by atoms with Crippen molar-refractivity contribution in [1.82, 2.24) is 0 Å². The van der Waals surface area contributed by atoms with Crippen molar-refractivity contribution in [3.8, 4) is 0 Å². The fourth-order valence-electron chi connectivity index (χ4n) is 5.97. The number of carbonyl (C=O) groups excluding carboxylic acids is 2. The second-order valence-corrected chi connectivity index (χ2v) is 11.4. The van der Waals surface area contributed by atoms with E-state index in [0.717, 1.165) is 38.5 Å². The summed E-state index contributed by atoms with van der Waals surface area (Å²) in [5.74, 6) is 0.191. The van der Waals surface area contributed by atoms with E-state index in [2.05, 4.69) is 41.5 Å². The second-order valence-electron chi connectivity index (χ2n) is 11.4. The normalized spacial score (nSPS) is 30.3. The third-order valence-electron chi connectivity index (χ3n) is 6.61. The Morgan fingerprint density at radius 3 is 1.43 bits per heavy atom. The van der Waals surface area contributed by atoms with Crippen molar-refractivity contribution in [2.45, 2.75) is 92.3 Å². The van der Waals surface area contributed by atoms with Crippen LogP contribution >= 0.6 is 0 Å². The van der Waals surface area contributed by atoms with Crippen molar-refractivity contribution in [2.24, 2.45) is 22.7 Å². The van der Waals surface area contributed by atoms with Crippen molar-refractivity contribution in [3.05, 3.63) is 35.4 Å². The van der Waals surface area contributed by atoms with Crippen molar-refractivity contribution < 1.29 is 19.1 Å². The molecule has 0 aliphatic heterocycles. The summed E-state index contributed by atoms with van der Waals surface area (Å²) in [6, 6.07) is 6.88. The quantitative estimate of drug-likeness (QED) is 0.533. The molecule has 0 radical (unpaired) electrons. The Bertz CT molecular complexity index is 714. The molecule has 4 atom stereocenters. The molecule has 3 rings (SSSR count). The average Bonchev–Trinajstić information content (AvgIpc) is 2.58. The minimum absolute atomic E-state index is 0.111.